The van der Waals surface area contributed by atoms with E-state index >= 15 is 0 Å². The topological polar surface area (TPSA) is 102 Å². The van der Waals surface area contributed by atoms with Crippen LogP contribution in [-0.2, 0) is 14.8 Å². The predicted octanol–water partition coefficient (Wildman–Crippen LogP) is 0.415. The van der Waals surface area contributed by atoms with Crippen molar-refractivity contribution in [2.75, 3.05) is 44.2 Å². The standard InChI is InChI=1S/C22H28FN3O5S/c23-16-6-8-18(9-7-16)32(29,30)24-14-19-21(22(28)20(15-27)31-19)26-12-10-25(11-13-26)17-4-2-1-3-5-17/h1-9,19-22,24,27-28H,10-15H2. The highest BCUT2D eigenvalue weighted by molar-refractivity contribution is 7.89. The number of halogens is 1. The Kier molecular flexibility index (Phi) is 7.08. The van der Waals surface area contributed by atoms with Crippen molar-refractivity contribution in [1.82, 2.24) is 9.62 Å². The van der Waals surface area contributed by atoms with E-state index in [2.05, 4.69) is 26.7 Å². The van der Waals surface area contributed by atoms with E-state index in [0.717, 1.165) is 30.9 Å². The molecule has 174 valence electrons. The van der Waals surface area contributed by atoms with Crippen molar-refractivity contribution in [3.05, 3.63) is 60.4 Å². The Morgan fingerprint density at radius 3 is 2.28 bits per heavy atom. The summed E-state index contributed by atoms with van der Waals surface area (Å²) in [6, 6.07) is 14.2. The molecule has 0 aliphatic carbocycles. The summed E-state index contributed by atoms with van der Waals surface area (Å²) in [6.07, 6.45) is -2.36. The third-order valence-corrected chi connectivity index (χ3v) is 7.54. The fourth-order valence-corrected chi connectivity index (χ4v) is 5.45. The molecule has 2 heterocycles. The third kappa shape index (κ3) is 4.95. The number of rotatable bonds is 7. The lowest BCUT2D eigenvalue weighted by atomic mass is 10.0. The van der Waals surface area contributed by atoms with E-state index in [0.29, 0.717) is 13.1 Å². The zero-order chi connectivity index (χ0) is 22.7. The highest BCUT2D eigenvalue weighted by Crippen LogP contribution is 2.28. The van der Waals surface area contributed by atoms with Gasteiger partial charge in [0.05, 0.1) is 23.6 Å². The molecule has 4 unspecified atom stereocenters. The molecule has 0 amide bonds. The number of hydrogen-bond acceptors (Lipinski definition) is 7. The van der Waals surface area contributed by atoms with Crippen LogP contribution in [0.3, 0.4) is 0 Å². The minimum absolute atomic E-state index is 0.0517. The van der Waals surface area contributed by atoms with Crippen LogP contribution in [0.1, 0.15) is 0 Å². The molecule has 8 nitrogen and oxygen atoms in total. The van der Waals surface area contributed by atoms with Crippen molar-refractivity contribution >= 4 is 15.7 Å². The summed E-state index contributed by atoms with van der Waals surface area (Å²) in [5, 5.41) is 20.4. The quantitative estimate of drug-likeness (QED) is 0.545. The summed E-state index contributed by atoms with van der Waals surface area (Å²) in [5.41, 5.74) is 1.13. The minimum atomic E-state index is -3.87. The van der Waals surface area contributed by atoms with Crippen LogP contribution in [0.5, 0.6) is 0 Å². The van der Waals surface area contributed by atoms with Crippen molar-refractivity contribution < 1.29 is 27.8 Å². The lowest BCUT2D eigenvalue weighted by Crippen LogP contribution is -2.57. The average molecular weight is 466 g/mol. The molecule has 0 saturated carbocycles. The van der Waals surface area contributed by atoms with E-state index in [1.54, 1.807) is 0 Å². The van der Waals surface area contributed by atoms with Crippen LogP contribution in [-0.4, -0.2) is 87.2 Å². The van der Waals surface area contributed by atoms with Crippen LogP contribution in [0.4, 0.5) is 10.1 Å². The predicted molar refractivity (Wildman–Crippen MR) is 117 cm³/mol. The van der Waals surface area contributed by atoms with Crippen LogP contribution in [0.15, 0.2) is 59.5 Å². The Hall–Kier alpha value is -2.08. The van der Waals surface area contributed by atoms with E-state index in [1.165, 1.54) is 12.1 Å². The van der Waals surface area contributed by atoms with Crippen LogP contribution in [0.25, 0.3) is 0 Å². The van der Waals surface area contributed by atoms with Gasteiger partial charge in [-0.3, -0.25) is 4.90 Å². The maximum absolute atomic E-state index is 13.1. The second-order valence-corrected chi connectivity index (χ2v) is 9.81. The lowest BCUT2D eigenvalue weighted by Gasteiger charge is -2.41. The van der Waals surface area contributed by atoms with E-state index in [9.17, 15) is 23.0 Å². The first kappa shape index (κ1) is 23.1. The first-order valence-electron chi connectivity index (χ1n) is 10.6. The van der Waals surface area contributed by atoms with Gasteiger partial charge in [0.15, 0.2) is 0 Å². The first-order valence-corrected chi connectivity index (χ1v) is 12.1. The fourth-order valence-electron chi connectivity index (χ4n) is 4.40. The first-order chi connectivity index (χ1) is 15.4. The molecule has 4 atom stereocenters. The molecule has 32 heavy (non-hydrogen) atoms. The van der Waals surface area contributed by atoms with Crippen molar-refractivity contribution in [1.29, 1.82) is 0 Å². The molecule has 2 aromatic carbocycles. The molecule has 3 N–H and O–H groups in total. The normalized spacial score (nSPS) is 27.0. The molecule has 4 rings (SSSR count). The molecular formula is C22H28FN3O5S. The molecule has 0 aromatic heterocycles. The Bertz CT molecular complexity index is 984. The number of para-hydroxylation sites is 1. The van der Waals surface area contributed by atoms with Crippen LogP contribution in [0.2, 0.25) is 0 Å². The zero-order valence-electron chi connectivity index (χ0n) is 17.5. The van der Waals surface area contributed by atoms with Gasteiger partial charge in [0.25, 0.3) is 0 Å². The van der Waals surface area contributed by atoms with Gasteiger partial charge in [0.1, 0.15) is 18.0 Å². The Labute approximate surface area is 187 Å². The molecule has 0 radical (unpaired) electrons. The molecule has 2 aromatic rings. The fraction of sp³-hybridized carbons (Fsp3) is 0.455. The average Bonchev–Trinajstić information content (AvgIpc) is 3.14. The maximum Gasteiger partial charge on any atom is 0.240 e. The number of aliphatic hydroxyl groups excluding tert-OH is 2. The summed E-state index contributed by atoms with van der Waals surface area (Å²) in [6.45, 7) is 2.41. The number of nitrogens with zero attached hydrogens (tertiary/aromatic N) is 2. The van der Waals surface area contributed by atoms with Gasteiger partial charge in [-0.2, -0.15) is 0 Å². The van der Waals surface area contributed by atoms with Crippen molar-refractivity contribution in [2.24, 2.45) is 0 Å². The second-order valence-electron chi connectivity index (χ2n) is 8.04. The minimum Gasteiger partial charge on any atom is -0.394 e. The number of benzene rings is 2. The number of aliphatic hydroxyl groups is 2. The summed E-state index contributed by atoms with van der Waals surface area (Å²) in [5.74, 6) is -0.522. The molecule has 0 bridgehead atoms. The number of piperazine rings is 1. The van der Waals surface area contributed by atoms with E-state index < -0.39 is 40.2 Å². The monoisotopic (exact) mass is 465 g/mol. The maximum atomic E-state index is 13.1. The molecule has 0 spiro atoms. The van der Waals surface area contributed by atoms with Gasteiger partial charge in [-0.1, -0.05) is 18.2 Å². The Morgan fingerprint density at radius 2 is 1.66 bits per heavy atom. The van der Waals surface area contributed by atoms with Gasteiger partial charge in [0.2, 0.25) is 10.0 Å². The van der Waals surface area contributed by atoms with Crippen molar-refractivity contribution in [3.8, 4) is 0 Å². The SMILES string of the molecule is O=S(=O)(NCC1OC(CO)C(O)C1N1CCN(c2ccccc2)CC1)c1ccc(F)cc1. The zero-order valence-corrected chi connectivity index (χ0v) is 18.4. The van der Waals surface area contributed by atoms with Gasteiger partial charge >= 0.3 is 0 Å². The number of nitrogens with one attached hydrogen (secondary N) is 1. The Morgan fingerprint density at radius 1 is 1.00 bits per heavy atom. The number of anilines is 1. The number of sulfonamides is 1. The van der Waals surface area contributed by atoms with Crippen molar-refractivity contribution in [2.45, 2.75) is 29.2 Å². The second kappa shape index (κ2) is 9.82. The van der Waals surface area contributed by atoms with Gasteiger partial charge in [-0.25, -0.2) is 17.5 Å². The summed E-state index contributed by atoms with van der Waals surface area (Å²) < 4.78 is 46.6. The van der Waals surface area contributed by atoms with Crippen LogP contribution in [0, 0.1) is 5.82 Å². The number of hydrogen-bond donors (Lipinski definition) is 3. The van der Waals surface area contributed by atoms with E-state index in [-0.39, 0.29) is 18.0 Å². The van der Waals surface area contributed by atoms with Crippen LogP contribution >= 0.6 is 0 Å². The van der Waals surface area contributed by atoms with Crippen molar-refractivity contribution in [3.63, 3.8) is 0 Å². The lowest BCUT2D eigenvalue weighted by molar-refractivity contribution is -0.0201. The molecule has 2 aliphatic rings. The molecule has 10 heteroatoms. The molecule has 2 aliphatic heterocycles. The van der Waals surface area contributed by atoms with Gasteiger partial charge < -0.3 is 19.8 Å². The highest BCUT2D eigenvalue weighted by Gasteiger charge is 2.47. The Balaban J connectivity index is 1.42. The van der Waals surface area contributed by atoms with E-state index in [1.807, 2.05) is 18.2 Å². The smallest absolute Gasteiger partial charge is 0.240 e. The molecule has 2 fully saturated rings. The van der Waals surface area contributed by atoms with Crippen LogP contribution < -0.4 is 9.62 Å². The van der Waals surface area contributed by atoms with Gasteiger partial charge in [0, 0.05) is 38.4 Å². The third-order valence-electron chi connectivity index (χ3n) is 6.10. The van der Waals surface area contributed by atoms with Gasteiger partial charge in [-0.15, -0.1) is 0 Å². The summed E-state index contributed by atoms with van der Waals surface area (Å²) >= 11 is 0. The van der Waals surface area contributed by atoms with E-state index in [4.69, 9.17) is 4.74 Å². The number of ether oxygens (including phenoxy) is 1. The molecule has 2 saturated heterocycles. The largest absolute Gasteiger partial charge is 0.394 e. The molecular weight excluding hydrogens is 437 g/mol. The summed E-state index contributed by atoms with van der Waals surface area (Å²) in [7, 11) is -3.87. The highest BCUT2D eigenvalue weighted by atomic mass is 32.2. The summed E-state index contributed by atoms with van der Waals surface area (Å²) in [4.78, 5) is 4.30. The van der Waals surface area contributed by atoms with Gasteiger partial charge in [-0.05, 0) is 36.4 Å².